The second kappa shape index (κ2) is 7.59. The number of hydrogen-bond donors (Lipinski definition) is 1. The Morgan fingerprint density at radius 3 is 2.75 bits per heavy atom. The first-order valence-electron chi connectivity index (χ1n) is 7.48. The number of rotatable bonds is 5. The summed E-state index contributed by atoms with van der Waals surface area (Å²) in [7, 11) is 0. The van der Waals surface area contributed by atoms with Crippen molar-refractivity contribution in [1.29, 1.82) is 5.26 Å². The summed E-state index contributed by atoms with van der Waals surface area (Å²) in [5.74, 6) is -2.44. The summed E-state index contributed by atoms with van der Waals surface area (Å²) in [6.07, 6.45) is 2.63. The van der Waals surface area contributed by atoms with E-state index in [1.54, 1.807) is 6.92 Å². The van der Waals surface area contributed by atoms with E-state index in [0.29, 0.717) is 17.7 Å². The van der Waals surface area contributed by atoms with Crippen LogP contribution in [0.4, 0.5) is 8.78 Å². The largest absolute Gasteiger partial charge is 0.344 e. The molecule has 0 saturated carbocycles. The van der Waals surface area contributed by atoms with Crippen LogP contribution < -0.4 is 5.32 Å². The smallest absolute Gasteiger partial charge is 0.272 e. The van der Waals surface area contributed by atoms with E-state index in [-0.39, 0.29) is 11.4 Å². The van der Waals surface area contributed by atoms with Gasteiger partial charge in [-0.1, -0.05) is 19.4 Å². The van der Waals surface area contributed by atoms with Crippen molar-refractivity contribution in [2.24, 2.45) is 0 Å². The molecule has 1 atom stereocenters. The van der Waals surface area contributed by atoms with Gasteiger partial charge in [-0.25, -0.2) is 13.8 Å². The number of hydrogen-bond acceptors (Lipinski definition) is 4. The van der Waals surface area contributed by atoms with Gasteiger partial charge in [-0.15, -0.1) is 0 Å². The maximum atomic E-state index is 13.3. The molecule has 0 spiro atoms. The van der Waals surface area contributed by atoms with Gasteiger partial charge >= 0.3 is 0 Å². The Hall–Kier alpha value is -2.88. The fraction of sp³-hybridized carbons (Fsp3) is 0.294. The molecule has 5 nitrogen and oxygen atoms in total. The topological polar surface area (TPSA) is 78.7 Å². The third-order valence-electron chi connectivity index (χ3n) is 3.46. The van der Waals surface area contributed by atoms with Crippen LogP contribution in [-0.4, -0.2) is 15.9 Å². The fourth-order valence-corrected chi connectivity index (χ4v) is 2.20. The first-order valence-corrected chi connectivity index (χ1v) is 7.48. The number of nitrogens with zero attached hydrogens (tertiary/aromatic N) is 3. The van der Waals surface area contributed by atoms with E-state index in [1.165, 1.54) is 12.3 Å². The number of carbonyl (C=O) groups excluding carboxylic acids is 1. The molecule has 1 N–H and O–H groups in total. The molecule has 0 fully saturated rings. The zero-order valence-corrected chi connectivity index (χ0v) is 13.3. The predicted molar refractivity (Wildman–Crippen MR) is 83.0 cm³/mol. The zero-order chi connectivity index (χ0) is 17.7. The van der Waals surface area contributed by atoms with Crippen LogP contribution in [0.1, 0.15) is 53.7 Å². The van der Waals surface area contributed by atoms with Gasteiger partial charge in [-0.3, -0.25) is 9.78 Å². The van der Waals surface area contributed by atoms with Crippen molar-refractivity contribution in [2.75, 3.05) is 0 Å². The van der Waals surface area contributed by atoms with Crippen LogP contribution in [0.5, 0.6) is 0 Å². The van der Waals surface area contributed by atoms with Crippen molar-refractivity contribution in [2.45, 2.75) is 32.7 Å². The van der Waals surface area contributed by atoms with E-state index in [4.69, 9.17) is 5.26 Å². The van der Waals surface area contributed by atoms with Gasteiger partial charge in [0.1, 0.15) is 6.07 Å². The molecule has 0 aliphatic rings. The number of aryl methyl sites for hydroxylation is 1. The number of nitriles is 1. The highest BCUT2D eigenvalue weighted by molar-refractivity contribution is 5.93. The Balaban J connectivity index is 2.25. The number of halogens is 2. The van der Waals surface area contributed by atoms with E-state index in [2.05, 4.69) is 15.3 Å². The normalized spacial score (nSPS) is 11.6. The summed E-state index contributed by atoms with van der Waals surface area (Å²) in [5, 5.41) is 11.6. The van der Waals surface area contributed by atoms with Gasteiger partial charge in [-0.2, -0.15) is 5.26 Å². The number of amides is 1. The van der Waals surface area contributed by atoms with Gasteiger partial charge in [0.05, 0.1) is 17.9 Å². The van der Waals surface area contributed by atoms with Gasteiger partial charge in [0.15, 0.2) is 23.0 Å². The minimum absolute atomic E-state index is 0.0421. The van der Waals surface area contributed by atoms with Crippen molar-refractivity contribution in [3.05, 3.63) is 58.7 Å². The summed E-state index contributed by atoms with van der Waals surface area (Å²) in [4.78, 5) is 20.6. The molecular formula is C17H16F2N4O. The van der Waals surface area contributed by atoms with Gasteiger partial charge in [0, 0.05) is 0 Å². The molecule has 1 unspecified atom stereocenters. The molecule has 0 aliphatic heterocycles. The molecule has 7 heteroatoms. The van der Waals surface area contributed by atoms with E-state index < -0.39 is 23.6 Å². The lowest BCUT2D eigenvalue weighted by molar-refractivity contribution is 0.0933. The molecule has 0 radical (unpaired) electrons. The molecule has 24 heavy (non-hydrogen) atoms. The van der Waals surface area contributed by atoms with Crippen molar-refractivity contribution < 1.29 is 13.6 Å². The Morgan fingerprint density at radius 1 is 1.38 bits per heavy atom. The minimum Gasteiger partial charge on any atom is -0.344 e. The first-order chi connectivity index (χ1) is 11.5. The Bertz CT molecular complexity index is 802. The highest BCUT2D eigenvalue weighted by Crippen LogP contribution is 2.17. The Labute approximate surface area is 138 Å². The standard InChI is InChI=1S/C17H16F2N4O/c1-3-4-15-16(23-12(8-20)9-21-15)17(24)22-10(2)11-5-6-13(18)14(19)7-11/h5-7,9-10H,3-4H2,1-2H3,(H,22,24). The lowest BCUT2D eigenvalue weighted by Crippen LogP contribution is -2.29. The van der Waals surface area contributed by atoms with Gasteiger partial charge in [0.25, 0.3) is 5.91 Å². The first kappa shape index (κ1) is 17.5. The Morgan fingerprint density at radius 2 is 2.12 bits per heavy atom. The molecule has 1 heterocycles. The summed E-state index contributed by atoms with van der Waals surface area (Å²) in [5.41, 5.74) is 1.03. The van der Waals surface area contributed by atoms with E-state index in [0.717, 1.165) is 18.6 Å². The van der Waals surface area contributed by atoms with Gasteiger partial charge in [-0.05, 0) is 31.0 Å². The molecule has 1 aromatic heterocycles. The zero-order valence-electron chi connectivity index (χ0n) is 13.3. The van der Waals surface area contributed by atoms with E-state index >= 15 is 0 Å². The molecule has 0 saturated heterocycles. The molecule has 0 bridgehead atoms. The quantitative estimate of drug-likeness (QED) is 0.914. The third-order valence-corrected chi connectivity index (χ3v) is 3.46. The van der Waals surface area contributed by atoms with Crippen molar-refractivity contribution in [1.82, 2.24) is 15.3 Å². The van der Waals surface area contributed by atoms with Crippen LogP contribution >= 0.6 is 0 Å². The highest BCUT2D eigenvalue weighted by Gasteiger charge is 2.18. The summed E-state index contributed by atoms with van der Waals surface area (Å²) in [6.45, 7) is 3.58. The number of benzene rings is 1. The van der Waals surface area contributed by atoms with E-state index in [9.17, 15) is 13.6 Å². The predicted octanol–water partition coefficient (Wildman–Crippen LogP) is 3.07. The van der Waals surface area contributed by atoms with Crippen LogP contribution in [-0.2, 0) is 6.42 Å². The molecular weight excluding hydrogens is 314 g/mol. The molecule has 1 aromatic carbocycles. The lowest BCUT2D eigenvalue weighted by Gasteiger charge is -2.15. The average molecular weight is 330 g/mol. The number of aromatic nitrogens is 2. The van der Waals surface area contributed by atoms with Crippen LogP contribution in [0.3, 0.4) is 0 Å². The maximum absolute atomic E-state index is 13.3. The second-order valence-electron chi connectivity index (χ2n) is 5.28. The van der Waals surface area contributed by atoms with Crippen molar-refractivity contribution in [3.8, 4) is 6.07 Å². The highest BCUT2D eigenvalue weighted by atomic mass is 19.2. The third kappa shape index (κ3) is 3.90. The summed E-state index contributed by atoms with van der Waals surface area (Å²) < 4.78 is 26.3. The SMILES string of the molecule is CCCc1ncc(C#N)nc1C(=O)NC(C)c1ccc(F)c(F)c1. The van der Waals surface area contributed by atoms with E-state index in [1.807, 2.05) is 13.0 Å². The molecule has 1 amide bonds. The lowest BCUT2D eigenvalue weighted by atomic mass is 10.1. The van der Waals surface area contributed by atoms with Gasteiger partial charge in [0.2, 0.25) is 0 Å². The van der Waals surface area contributed by atoms with Crippen LogP contribution in [0.15, 0.2) is 24.4 Å². The summed E-state index contributed by atoms with van der Waals surface area (Å²) >= 11 is 0. The molecule has 2 aromatic rings. The molecule has 124 valence electrons. The van der Waals surface area contributed by atoms with Crippen LogP contribution in [0, 0.1) is 23.0 Å². The fourth-order valence-electron chi connectivity index (χ4n) is 2.20. The Kier molecular flexibility index (Phi) is 5.53. The van der Waals surface area contributed by atoms with Crippen LogP contribution in [0.2, 0.25) is 0 Å². The monoisotopic (exact) mass is 330 g/mol. The number of nitrogens with one attached hydrogen (secondary N) is 1. The summed E-state index contributed by atoms with van der Waals surface area (Å²) in [6, 6.07) is 4.72. The maximum Gasteiger partial charge on any atom is 0.272 e. The minimum atomic E-state index is -0.980. The second-order valence-corrected chi connectivity index (χ2v) is 5.28. The molecule has 0 aliphatic carbocycles. The van der Waals surface area contributed by atoms with Crippen molar-refractivity contribution >= 4 is 5.91 Å². The average Bonchev–Trinajstić information content (AvgIpc) is 2.57. The van der Waals surface area contributed by atoms with Crippen molar-refractivity contribution in [3.63, 3.8) is 0 Å². The number of carbonyl (C=O) groups is 1. The van der Waals surface area contributed by atoms with Gasteiger partial charge < -0.3 is 5.32 Å². The molecule has 2 rings (SSSR count). The van der Waals surface area contributed by atoms with Crippen LogP contribution in [0.25, 0.3) is 0 Å².